The first-order valence-corrected chi connectivity index (χ1v) is 8.15. The third-order valence-corrected chi connectivity index (χ3v) is 3.95. The van der Waals surface area contributed by atoms with Crippen molar-refractivity contribution in [2.45, 2.75) is 26.5 Å². The first-order valence-electron chi connectivity index (χ1n) is 8.15. The second-order valence-electron chi connectivity index (χ2n) is 5.91. The molecule has 0 radical (unpaired) electrons. The number of oxazole rings is 1. The van der Waals surface area contributed by atoms with Crippen LogP contribution in [0.1, 0.15) is 22.4 Å². The van der Waals surface area contributed by atoms with E-state index in [9.17, 15) is 0 Å². The lowest BCUT2D eigenvalue weighted by Crippen LogP contribution is -2.16. The summed E-state index contributed by atoms with van der Waals surface area (Å²) in [4.78, 5) is 4.52. The molecule has 0 saturated carbocycles. The van der Waals surface area contributed by atoms with Crippen molar-refractivity contribution in [3.63, 3.8) is 0 Å². The highest BCUT2D eigenvalue weighted by Crippen LogP contribution is 2.19. The van der Waals surface area contributed by atoms with Gasteiger partial charge in [-0.25, -0.2) is 4.98 Å². The summed E-state index contributed by atoms with van der Waals surface area (Å²) in [5, 5.41) is 12.4. The second-order valence-corrected chi connectivity index (χ2v) is 5.91. The molecule has 0 aliphatic heterocycles. The van der Waals surface area contributed by atoms with Gasteiger partial charge in [0.05, 0.1) is 12.3 Å². The van der Waals surface area contributed by atoms with E-state index in [0.29, 0.717) is 12.4 Å². The molecule has 2 N–H and O–H groups in total. The van der Waals surface area contributed by atoms with E-state index in [1.807, 2.05) is 24.3 Å². The van der Waals surface area contributed by atoms with Crippen LogP contribution in [0.25, 0.3) is 11.5 Å². The molecule has 0 spiro atoms. The number of nitrogens with zero attached hydrogens (tertiary/aromatic N) is 1. The summed E-state index contributed by atoms with van der Waals surface area (Å²) in [5.74, 6) is 0.659. The maximum atomic E-state index is 9.04. The molecule has 3 rings (SSSR count). The fourth-order valence-corrected chi connectivity index (χ4v) is 2.48. The molecule has 24 heavy (non-hydrogen) atoms. The third kappa shape index (κ3) is 4.31. The van der Waals surface area contributed by atoms with Crippen LogP contribution in [-0.2, 0) is 19.6 Å². The zero-order valence-electron chi connectivity index (χ0n) is 13.8. The number of hydrogen-bond acceptors (Lipinski definition) is 4. The molecule has 1 heterocycles. The quantitative estimate of drug-likeness (QED) is 0.654. The number of rotatable bonds is 7. The average Bonchev–Trinajstić information content (AvgIpc) is 3.09. The van der Waals surface area contributed by atoms with E-state index in [-0.39, 0.29) is 6.61 Å². The van der Waals surface area contributed by atoms with Gasteiger partial charge in [-0.1, -0.05) is 42.0 Å². The zero-order chi connectivity index (χ0) is 16.8. The van der Waals surface area contributed by atoms with Crippen LogP contribution < -0.4 is 5.32 Å². The van der Waals surface area contributed by atoms with Crippen molar-refractivity contribution in [1.82, 2.24) is 10.3 Å². The van der Waals surface area contributed by atoms with Gasteiger partial charge in [0, 0.05) is 12.1 Å². The summed E-state index contributed by atoms with van der Waals surface area (Å²) in [6, 6.07) is 16.2. The maximum Gasteiger partial charge on any atom is 0.226 e. The van der Waals surface area contributed by atoms with Crippen molar-refractivity contribution in [2.75, 3.05) is 6.54 Å². The largest absolute Gasteiger partial charge is 0.444 e. The molecule has 0 amide bonds. The first-order chi connectivity index (χ1) is 11.7. The van der Waals surface area contributed by atoms with Crippen LogP contribution >= 0.6 is 0 Å². The van der Waals surface area contributed by atoms with Gasteiger partial charge in [0.25, 0.3) is 0 Å². The predicted molar refractivity (Wildman–Crippen MR) is 94.5 cm³/mol. The van der Waals surface area contributed by atoms with Crippen LogP contribution in [0.5, 0.6) is 0 Å². The van der Waals surface area contributed by atoms with Gasteiger partial charge in [0.1, 0.15) is 6.26 Å². The van der Waals surface area contributed by atoms with E-state index in [1.165, 1.54) is 11.1 Å². The van der Waals surface area contributed by atoms with Crippen molar-refractivity contribution in [3.05, 3.63) is 77.2 Å². The second kappa shape index (κ2) is 7.90. The molecular weight excluding hydrogens is 300 g/mol. The number of aliphatic hydroxyl groups is 1. The van der Waals surface area contributed by atoms with E-state index in [4.69, 9.17) is 9.52 Å². The Morgan fingerprint density at radius 1 is 1.00 bits per heavy atom. The molecule has 0 aliphatic carbocycles. The molecule has 0 unspecified atom stereocenters. The topological polar surface area (TPSA) is 58.3 Å². The average molecular weight is 322 g/mol. The Kier molecular flexibility index (Phi) is 5.41. The number of aromatic nitrogens is 1. The number of aliphatic hydroxyl groups excluding tert-OH is 1. The van der Waals surface area contributed by atoms with Gasteiger partial charge in [-0.05, 0) is 43.1 Å². The van der Waals surface area contributed by atoms with E-state index < -0.39 is 0 Å². The van der Waals surface area contributed by atoms with Crippen molar-refractivity contribution < 1.29 is 9.52 Å². The van der Waals surface area contributed by atoms with Gasteiger partial charge in [-0.3, -0.25) is 0 Å². The molecule has 0 fully saturated rings. The van der Waals surface area contributed by atoms with Crippen LogP contribution in [0.4, 0.5) is 0 Å². The summed E-state index contributed by atoms with van der Waals surface area (Å²) in [6.07, 6.45) is 2.65. The highest BCUT2D eigenvalue weighted by atomic mass is 16.3. The van der Waals surface area contributed by atoms with E-state index in [1.54, 1.807) is 6.26 Å². The Labute approximate surface area is 142 Å². The normalized spacial score (nSPS) is 10.9. The van der Waals surface area contributed by atoms with Gasteiger partial charge < -0.3 is 14.8 Å². The van der Waals surface area contributed by atoms with Crippen LogP contribution in [0.2, 0.25) is 0 Å². The summed E-state index contributed by atoms with van der Waals surface area (Å²) < 4.78 is 5.56. The van der Waals surface area contributed by atoms with E-state index >= 15 is 0 Å². The molecule has 3 aromatic rings. The van der Waals surface area contributed by atoms with Crippen LogP contribution in [0.15, 0.2) is 59.2 Å². The Morgan fingerprint density at radius 2 is 1.71 bits per heavy atom. The SMILES string of the molecule is Cc1ccc(-c2nc(CNCCc3ccc(CO)cc3)co2)cc1. The zero-order valence-corrected chi connectivity index (χ0v) is 13.8. The molecule has 4 heteroatoms. The predicted octanol–water partition coefficient (Wildman–Crippen LogP) is 3.47. The molecule has 124 valence electrons. The summed E-state index contributed by atoms with van der Waals surface area (Å²) >= 11 is 0. The fourth-order valence-electron chi connectivity index (χ4n) is 2.48. The molecule has 0 bridgehead atoms. The first kappa shape index (κ1) is 16.4. The highest BCUT2D eigenvalue weighted by Gasteiger charge is 2.06. The number of benzene rings is 2. The van der Waals surface area contributed by atoms with E-state index in [2.05, 4.69) is 41.5 Å². The Bertz CT molecular complexity index is 761. The van der Waals surface area contributed by atoms with Gasteiger partial charge in [0.15, 0.2) is 0 Å². The van der Waals surface area contributed by atoms with Crippen LogP contribution in [0, 0.1) is 6.92 Å². The Balaban J connectivity index is 1.47. The van der Waals surface area contributed by atoms with Gasteiger partial charge >= 0.3 is 0 Å². The molecule has 2 aromatic carbocycles. The minimum Gasteiger partial charge on any atom is -0.444 e. The molecule has 1 aromatic heterocycles. The number of hydrogen-bond donors (Lipinski definition) is 2. The van der Waals surface area contributed by atoms with E-state index in [0.717, 1.165) is 29.8 Å². The Morgan fingerprint density at radius 3 is 2.42 bits per heavy atom. The maximum absolute atomic E-state index is 9.04. The minimum atomic E-state index is 0.0913. The van der Waals surface area contributed by atoms with Crippen LogP contribution in [0.3, 0.4) is 0 Å². The standard InChI is InChI=1S/C20H22N2O2/c1-15-2-8-18(9-3-15)20-22-19(14-24-20)12-21-11-10-16-4-6-17(13-23)7-5-16/h2-9,14,21,23H,10-13H2,1H3. The molecule has 0 aliphatic rings. The van der Waals surface area contributed by atoms with Gasteiger partial charge in [-0.15, -0.1) is 0 Å². The van der Waals surface area contributed by atoms with Crippen molar-refractivity contribution in [1.29, 1.82) is 0 Å². The minimum absolute atomic E-state index is 0.0913. The molecule has 0 atom stereocenters. The van der Waals surface area contributed by atoms with Gasteiger partial charge in [0.2, 0.25) is 5.89 Å². The molecule has 4 nitrogen and oxygen atoms in total. The lowest BCUT2D eigenvalue weighted by atomic mass is 10.1. The summed E-state index contributed by atoms with van der Waals surface area (Å²) in [7, 11) is 0. The smallest absolute Gasteiger partial charge is 0.226 e. The molecule has 0 saturated heterocycles. The Hall–Kier alpha value is -2.43. The summed E-state index contributed by atoms with van der Waals surface area (Å²) in [6.45, 7) is 3.70. The summed E-state index contributed by atoms with van der Waals surface area (Å²) in [5.41, 5.74) is 5.31. The fraction of sp³-hybridized carbons (Fsp3) is 0.250. The van der Waals surface area contributed by atoms with Crippen molar-refractivity contribution in [3.8, 4) is 11.5 Å². The van der Waals surface area contributed by atoms with Crippen molar-refractivity contribution in [2.24, 2.45) is 0 Å². The monoisotopic (exact) mass is 322 g/mol. The lowest BCUT2D eigenvalue weighted by Gasteiger charge is -2.04. The third-order valence-electron chi connectivity index (χ3n) is 3.95. The van der Waals surface area contributed by atoms with Crippen molar-refractivity contribution >= 4 is 0 Å². The van der Waals surface area contributed by atoms with Gasteiger partial charge in [-0.2, -0.15) is 0 Å². The lowest BCUT2D eigenvalue weighted by molar-refractivity contribution is 0.282. The number of aryl methyl sites for hydroxylation is 1. The molecular formula is C20H22N2O2. The highest BCUT2D eigenvalue weighted by molar-refractivity contribution is 5.53. The number of nitrogens with one attached hydrogen (secondary N) is 1. The van der Waals surface area contributed by atoms with Crippen LogP contribution in [-0.4, -0.2) is 16.6 Å².